The molecule has 2 heterocycles. The van der Waals surface area contributed by atoms with E-state index < -0.39 is 34.3 Å². The number of fused-ring (bicyclic) bond motifs is 1. The molecule has 2 saturated heterocycles. The average molecular weight is 340 g/mol. The van der Waals surface area contributed by atoms with Gasteiger partial charge in [-0.3, -0.25) is 14.4 Å². The van der Waals surface area contributed by atoms with E-state index in [-0.39, 0.29) is 17.9 Å². The SMILES string of the molecule is COC(=O)C1(C(=O)OC)C[C@H]2CC[C@]3(C(=O)O)CC(C)(C)C[C@@]13O2. The lowest BCUT2D eigenvalue weighted by Gasteiger charge is -2.48. The first-order valence-corrected chi connectivity index (χ1v) is 8.19. The van der Waals surface area contributed by atoms with E-state index in [1.807, 2.05) is 13.8 Å². The molecule has 1 saturated carbocycles. The molecule has 0 unspecified atom stereocenters. The first-order valence-electron chi connectivity index (χ1n) is 8.19. The molecule has 1 spiro atoms. The molecular weight excluding hydrogens is 316 g/mol. The summed E-state index contributed by atoms with van der Waals surface area (Å²) in [6.07, 6.45) is 1.29. The first-order chi connectivity index (χ1) is 11.1. The van der Waals surface area contributed by atoms with Crippen LogP contribution in [0.5, 0.6) is 0 Å². The predicted octanol–water partition coefficient (Wildman–Crippen LogP) is 1.53. The molecule has 1 aliphatic carbocycles. The Labute approximate surface area is 140 Å². The molecule has 0 amide bonds. The van der Waals surface area contributed by atoms with Gasteiger partial charge in [0, 0.05) is 6.42 Å². The lowest BCUT2D eigenvalue weighted by Crippen LogP contribution is -2.65. The largest absolute Gasteiger partial charge is 0.481 e. The summed E-state index contributed by atoms with van der Waals surface area (Å²) in [5.74, 6) is -2.55. The normalized spacial score (nSPS) is 38.2. The van der Waals surface area contributed by atoms with Crippen molar-refractivity contribution in [3.05, 3.63) is 0 Å². The zero-order chi connectivity index (χ0) is 18.0. The zero-order valence-corrected chi connectivity index (χ0v) is 14.5. The van der Waals surface area contributed by atoms with E-state index >= 15 is 0 Å². The molecule has 24 heavy (non-hydrogen) atoms. The summed E-state index contributed by atoms with van der Waals surface area (Å²) < 4.78 is 16.1. The Balaban J connectivity index is 2.31. The van der Waals surface area contributed by atoms with Gasteiger partial charge in [0.15, 0.2) is 5.41 Å². The molecule has 134 valence electrons. The molecule has 2 aliphatic heterocycles. The molecule has 1 N–H and O–H groups in total. The van der Waals surface area contributed by atoms with Crippen molar-refractivity contribution < 1.29 is 33.7 Å². The topological polar surface area (TPSA) is 99.1 Å². The van der Waals surface area contributed by atoms with E-state index in [0.29, 0.717) is 25.7 Å². The van der Waals surface area contributed by atoms with Crippen LogP contribution in [-0.4, -0.2) is 48.9 Å². The molecule has 3 fully saturated rings. The van der Waals surface area contributed by atoms with E-state index in [0.717, 1.165) is 0 Å². The number of carbonyl (C=O) groups is 3. The second-order valence-electron chi connectivity index (χ2n) is 8.10. The Morgan fingerprint density at radius 2 is 1.67 bits per heavy atom. The Hall–Kier alpha value is -1.63. The van der Waals surface area contributed by atoms with Crippen LogP contribution in [0.1, 0.15) is 46.0 Å². The van der Waals surface area contributed by atoms with Gasteiger partial charge in [-0.2, -0.15) is 0 Å². The van der Waals surface area contributed by atoms with Crippen molar-refractivity contribution in [2.75, 3.05) is 14.2 Å². The van der Waals surface area contributed by atoms with E-state index in [1.54, 1.807) is 0 Å². The van der Waals surface area contributed by atoms with Crippen LogP contribution in [0.4, 0.5) is 0 Å². The van der Waals surface area contributed by atoms with Crippen molar-refractivity contribution >= 4 is 17.9 Å². The predicted molar refractivity (Wildman–Crippen MR) is 81.0 cm³/mol. The Morgan fingerprint density at radius 3 is 2.17 bits per heavy atom. The van der Waals surface area contributed by atoms with Gasteiger partial charge in [-0.25, -0.2) is 0 Å². The number of ether oxygens (including phenoxy) is 3. The van der Waals surface area contributed by atoms with Crippen LogP contribution in [0.15, 0.2) is 0 Å². The van der Waals surface area contributed by atoms with Crippen molar-refractivity contribution in [1.29, 1.82) is 0 Å². The summed E-state index contributed by atoms with van der Waals surface area (Å²) in [5.41, 5.74) is -4.85. The van der Waals surface area contributed by atoms with E-state index in [4.69, 9.17) is 14.2 Å². The summed E-state index contributed by atoms with van der Waals surface area (Å²) >= 11 is 0. The Kier molecular flexibility index (Phi) is 3.54. The second-order valence-corrected chi connectivity index (χ2v) is 8.10. The smallest absolute Gasteiger partial charge is 0.326 e. The number of hydrogen-bond acceptors (Lipinski definition) is 6. The maximum absolute atomic E-state index is 12.8. The van der Waals surface area contributed by atoms with Crippen LogP contribution in [0, 0.1) is 16.2 Å². The number of carboxylic acid groups (broad SMARTS) is 1. The quantitative estimate of drug-likeness (QED) is 0.614. The van der Waals surface area contributed by atoms with E-state index in [2.05, 4.69) is 0 Å². The summed E-state index contributed by atoms with van der Waals surface area (Å²) in [5, 5.41) is 10.1. The van der Waals surface area contributed by atoms with Crippen LogP contribution in [0.2, 0.25) is 0 Å². The molecule has 7 nitrogen and oxygen atoms in total. The maximum atomic E-state index is 12.8. The van der Waals surface area contributed by atoms with Gasteiger partial charge in [-0.05, 0) is 31.1 Å². The molecule has 3 atom stereocenters. The van der Waals surface area contributed by atoms with Crippen molar-refractivity contribution in [2.45, 2.75) is 57.7 Å². The Morgan fingerprint density at radius 1 is 1.08 bits per heavy atom. The fraction of sp³-hybridized carbons (Fsp3) is 0.824. The number of rotatable bonds is 3. The third-order valence-electron chi connectivity index (χ3n) is 6.24. The molecule has 3 aliphatic rings. The molecule has 0 aromatic heterocycles. The lowest BCUT2D eigenvalue weighted by atomic mass is 9.59. The summed E-state index contributed by atoms with van der Waals surface area (Å²) in [7, 11) is 2.41. The maximum Gasteiger partial charge on any atom is 0.326 e. The minimum absolute atomic E-state index is 0.109. The molecule has 0 aromatic carbocycles. The fourth-order valence-electron chi connectivity index (χ4n) is 5.65. The monoisotopic (exact) mass is 340 g/mol. The van der Waals surface area contributed by atoms with Crippen LogP contribution in [-0.2, 0) is 28.6 Å². The van der Waals surface area contributed by atoms with Crippen molar-refractivity contribution in [2.24, 2.45) is 16.2 Å². The van der Waals surface area contributed by atoms with Crippen LogP contribution in [0.25, 0.3) is 0 Å². The number of aliphatic carboxylic acids is 1. The van der Waals surface area contributed by atoms with Gasteiger partial charge in [-0.15, -0.1) is 0 Å². The minimum atomic E-state index is -1.73. The first kappa shape index (κ1) is 17.2. The van der Waals surface area contributed by atoms with Crippen LogP contribution >= 0.6 is 0 Å². The van der Waals surface area contributed by atoms with Crippen LogP contribution < -0.4 is 0 Å². The van der Waals surface area contributed by atoms with E-state index in [1.165, 1.54) is 14.2 Å². The van der Waals surface area contributed by atoms with Gasteiger partial charge in [0.2, 0.25) is 0 Å². The molecule has 7 heteroatoms. The van der Waals surface area contributed by atoms with Gasteiger partial charge < -0.3 is 19.3 Å². The number of carboxylic acids is 1. The number of hydrogen-bond donors (Lipinski definition) is 1. The highest BCUT2D eigenvalue weighted by Gasteiger charge is 2.83. The van der Waals surface area contributed by atoms with Gasteiger partial charge >= 0.3 is 17.9 Å². The van der Waals surface area contributed by atoms with Crippen molar-refractivity contribution in [1.82, 2.24) is 0 Å². The highest BCUT2D eigenvalue weighted by molar-refractivity contribution is 6.03. The summed E-state index contributed by atoms with van der Waals surface area (Å²) in [6, 6.07) is 0. The fourth-order valence-corrected chi connectivity index (χ4v) is 5.65. The molecule has 0 radical (unpaired) electrons. The molecule has 0 aromatic rings. The summed E-state index contributed by atoms with van der Waals surface area (Å²) in [6.45, 7) is 3.89. The number of methoxy groups -OCH3 is 2. The third kappa shape index (κ3) is 1.74. The highest BCUT2D eigenvalue weighted by atomic mass is 16.6. The summed E-state index contributed by atoms with van der Waals surface area (Å²) in [4.78, 5) is 37.9. The van der Waals surface area contributed by atoms with Crippen LogP contribution in [0.3, 0.4) is 0 Å². The second kappa shape index (κ2) is 4.94. The van der Waals surface area contributed by atoms with E-state index in [9.17, 15) is 19.5 Å². The van der Waals surface area contributed by atoms with Crippen molar-refractivity contribution in [3.63, 3.8) is 0 Å². The van der Waals surface area contributed by atoms with Gasteiger partial charge in [0.1, 0.15) is 5.60 Å². The average Bonchev–Trinajstić information content (AvgIpc) is 2.94. The van der Waals surface area contributed by atoms with Gasteiger partial charge in [-0.1, -0.05) is 13.8 Å². The molecular formula is C17H24O7. The third-order valence-corrected chi connectivity index (χ3v) is 6.24. The molecule has 2 bridgehead atoms. The zero-order valence-electron chi connectivity index (χ0n) is 14.5. The Bertz CT molecular complexity index is 594. The number of esters is 2. The molecule has 3 rings (SSSR count). The van der Waals surface area contributed by atoms with Gasteiger partial charge in [0.25, 0.3) is 0 Å². The van der Waals surface area contributed by atoms with Gasteiger partial charge in [0.05, 0.1) is 25.7 Å². The van der Waals surface area contributed by atoms with Crippen molar-refractivity contribution in [3.8, 4) is 0 Å². The number of carbonyl (C=O) groups excluding carboxylic acids is 2. The standard InChI is InChI=1S/C17H24O7/c1-14(2)8-15(11(18)19)6-5-10-7-16(12(20)22-3,13(21)23-4)17(15,9-14)24-10/h10H,5-9H2,1-4H3,(H,18,19)/t10-,15-,17+/m1/s1. The lowest BCUT2D eigenvalue weighted by molar-refractivity contribution is -0.217. The highest BCUT2D eigenvalue weighted by Crippen LogP contribution is 2.72. The minimum Gasteiger partial charge on any atom is -0.481 e.